The van der Waals surface area contributed by atoms with E-state index < -0.39 is 38.6 Å². The van der Waals surface area contributed by atoms with Crippen molar-refractivity contribution in [3.8, 4) is 11.1 Å². The number of nitrogens with zero attached hydrogens (tertiary/aromatic N) is 1. The van der Waals surface area contributed by atoms with E-state index in [1.165, 1.54) is 0 Å². The topological polar surface area (TPSA) is 93.8 Å². The van der Waals surface area contributed by atoms with Gasteiger partial charge in [0.1, 0.15) is 22.5 Å². The van der Waals surface area contributed by atoms with Crippen molar-refractivity contribution >= 4 is 16.0 Å². The van der Waals surface area contributed by atoms with Crippen molar-refractivity contribution in [2.45, 2.75) is 50.0 Å². The fraction of sp³-hybridized carbons (Fsp3) is 0.346. The summed E-state index contributed by atoms with van der Waals surface area (Å²) >= 11 is 0. The van der Waals surface area contributed by atoms with Gasteiger partial charge in [0, 0.05) is 18.4 Å². The van der Waals surface area contributed by atoms with Gasteiger partial charge < -0.3 is 10.5 Å². The van der Waals surface area contributed by atoms with Gasteiger partial charge in [-0.05, 0) is 49.6 Å². The largest absolute Gasteiger partial charge is 0.457 e. The molecule has 1 aliphatic heterocycles. The first-order valence-corrected chi connectivity index (χ1v) is 13.0. The van der Waals surface area contributed by atoms with Crippen molar-refractivity contribution in [2.75, 3.05) is 6.54 Å². The van der Waals surface area contributed by atoms with Crippen molar-refractivity contribution in [1.82, 2.24) is 4.72 Å². The summed E-state index contributed by atoms with van der Waals surface area (Å²) in [7, 11) is -3.96. The van der Waals surface area contributed by atoms with Crippen LogP contribution < -0.4 is 10.5 Å². The highest BCUT2D eigenvalue weighted by Crippen LogP contribution is 2.39. The number of nitrogens with two attached hydrogens (primary N) is 1. The summed E-state index contributed by atoms with van der Waals surface area (Å²) < 4.78 is 63.4. The molecule has 2 aromatic carbocycles. The number of halogens is 2. The van der Waals surface area contributed by atoms with Gasteiger partial charge >= 0.3 is 0 Å². The molecule has 35 heavy (non-hydrogen) atoms. The number of amidine groups is 1. The fourth-order valence-electron chi connectivity index (χ4n) is 4.55. The minimum Gasteiger partial charge on any atom is -0.457 e. The van der Waals surface area contributed by atoms with Gasteiger partial charge in [0.15, 0.2) is 0 Å². The SMILES string of the molecule is CC1(C)OC(=N[C@@H](CCN)C2=C(F)CCC(F)=C2)NS(=O)(=O)C1c1ccc(-c2ccccc2)cc1. The van der Waals surface area contributed by atoms with Crippen LogP contribution in [-0.2, 0) is 14.8 Å². The van der Waals surface area contributed by atoms with Crippen LogP contribution in [-0.4, -0.2) is 32.6 Å². The zero-order chi connectivity index (χ0) is 25.2. The molecule has 1 unspecified atom stereocenters. The smallest absolute Gasteiger partial charge is 0.299 e. The zero-order valence-electron chi connectivity index (χ0n) is 19.7. The van der Waals surface area contributed by atoms with Gasteiger partial charge in [-0.15, -0.1) is 0 Å². The molecule has 1 saturated heterocycles. The zero-order valence-corrected chi connectivity index (χ0v) is 20.5. The molecule has 1 aliphatic carbocycles. The molecule has 0 saturated carbocycles. The highest BCUT2D eigenvalue weighted by molar-refractivity contribution is 7.90. The van der Waals surface area contributed by atoms with E-state index in [9.17, 15) is 17.2 Å². The number of hydrogen-bond donors (Lipinski definition) is 2. The Morgan fingerprint density at radius 3 is 2.37 bits per heavy atom. The number of aliphatic imine (C=N–C) groups is 1. The monoisotopic (exact) mass is 501 g/mol. The van der Waals surface area contributed by atoms with E-state index in [0.29, 0.717) is 5.56 Å². The maximum Gasteiger partial charge on any atom is 0.299 e. The van der Waals surface area contributed by atoms with Gasteiger partial charge in [-0.25, -0.2) is 26.9 Å². The van der Waals surface area contributed by atoms with Crippen molar-refractivity contribution < 1.29 is 21.9 Å². The van der Waals surface area contributed by atoms with Crippen LogP contribution in [0.5, 0.6) is 0 Å². The third-order valence-electron chi connectivity index (χ3n) is 6.13. The minimum absolute atomic E-state index is 0.0118. The molecule has 3 N–H and O–H groups in total. The van der Waals surface area contributed by atoms with Crippen molar-refractivity contribution in [3.05, 3.63) is 83.5 Å². The third kappa shape index (κ3) is 5.46. The molecule has 2 atom stereocenters. The number of allylic oxidation sites excluding steroid dienone is 2. The van der Waals surface area contributed by atoms with Crippen LogP contribution in [0, 0.1) is 0 Å². The number of benzene rings is 2. The number of hydrogen-bond acceptors (Lipinski definition) is 5. The lowest BCUT2D eigenvalue weighted by Gasteiger charge is -2.39. The van der Waals surface area contributed by atoms with Crippen LogP contribution in [0.25, 0.3) is 11.1 Å². The Morgan fingerprint density at radius 1 is 1.09 bits per heavy atom. The summed E-state index contributed by atoms with van der Waals surface area (Å²) in [6, 6.07) is 15.9. The molecule has 6 nitrogen and oxygen atoms in total. The summed E-state index contributed by atoms with van der Waals surface area (Å²) in [5.41, 5.74) is 7.09. The molecule has 2 aromatic rings. The van der Waals surface area contributed by atoms with Gasteiger partial charge in [-0.1, -0.05) is 54.6 Å². The van der Waals surface area contributed by atoms with E-state index in [1.54, 1.807) is 26.0 Å². The van der Waals surface area contributed by atoms with Crippen LogP contribution in [0.1, 0.15) is 43.9 Å². The summed E-state index contributed by atoms with van der Waals surface area (Å²) in [4.78, 5) is 4.32. The number of rotatable bonds is 6. The van der Waals surface area contributed by atoms with Crippen molar-refractivity contribution in [2.24, 2.45) is 10.7 Å². The first-order valence-electron chi connectivity index (χ1n) is 11.5. The number of sulfonamides is 1. The third-order valence-corrected chi connectivity index (χ3v) is 8.05. The molecule has 186 valence electrons. The summed E-state index contributed by atoms with van der Waals surface area (Å²) in [6.45, 7) is 3.48. The van der Waals surface area contributed by atoms with E-state index in [2.05, 4.69) is 9.71 Å². The fourth-order valence-corrected chi connectivity index (χ4v) is 6.32. The maximum atomic E-state index is 14.5. The Hall–Kier alpha value is -3.04. The summed E-state index contributed by atoms with van der Waals surface area (Å²) in [6.07, 6.45) is 1.24. The van der Waals surface area contributed by atoms with Gasteiger partial charge in [-0.2, -0.15) is 0 Å². The first kappa shape index (κ1) is 25.1. The Bertz CT molecular complexity index is 1270. The van der Waals surface area contributed by atoms with Gasteiger partial charge in [0.05, 0.1) is 6.04 Å². The Morgan fingerprint density at radius 2 is 1.74 bits per heavy atom. The quantitative estimate of drug-likeness (QED) is 0.578. The lowest BCUT2D eigenvalue weighted by molar-refractivity contribution is 0.0762. The van der Waals surface area contributed by atoms with E-state index in [0.717, 1.165) is 17.2 Å². The maximum absolute atomic E-state index is 14.5. The molecule has 1 heterocycles. The van der Waals surface area contributed by atoms with Crippen LogP contribution in [0.3, 0.4) is 0 Å². The first-order chi connectivity index (χ1) is 16.6. The van der Waals surface area contributed by atoms with Crippen LogP contribution >= 0.6 is 0 Å². The minimum atomic E-state index is -3.96. The Labute approximate surface area is 204 Å². The lowest BCUT2D eigenvalue weighted by atomic mass is 9.95. The molecule has 0 bridgehead atoms. The molecular formula is C26H29F2N3O3S. The molecule has 0 spiro atoms. The van der Waals surface area contributed by atoms with Crippen LogP contribution in [0.2, 0.25) is 0 Å². The van der Waals surface area contributed by atoms with E-state index in [1.807, 2.05) is 42.5 Å². The second-order valence-electron chi connectivity index (χ2n) is 9.20. The van der Waals surface area contributed by atoms with Crippen LogP contribution in [0.4, 0.5) is 8.78 Å². The highest BCUT2D eigenvalue weighted by atomic mass is 32.2. The molecule has 9 heteroatoms. The molecule has 0 radical (unpaired) electrons. The summed E-state index contributed by atoms with van der Waals surface area (Å²) in [5, 5.41) is -1.02. The average Bonchev–Trinajstić information content (AvgIpc) is 2.80. The van der Waals surface area contributed by atoms with Crippen molar-refractivity contribution in [1.29, 1.82) is 0 Å². The molecule has 4 rings (SSSR count). The second kappa shape index (κ2) is 9.91. The second-order valence-corrected chi connectivity index (χ2v) is 11.0. The highest BCUT2D eigenvalue weighted by Gasteiger charge is 2.48. The summed E-state index contributed by atoms with van der Waals surface area (Å²) in [5.74, 6) is -0.934. The standard InChI is InChI=1S/C26H29F2N3O3S/c1-26(2)24(19-10-8-18(9-11-19)17-6-4-3-5-7-17)35(32,33)31-25(34-26)30-23(14-15-29)21-16-20(27)12-13-22(21)28/h3-11,16,23-24H,12-15,29H2,1-2H3,(H,30,31)/t23-,24?/m0/s1. The number of nitrogens with one attached hydrogen (secondary N) is 1. The Kier molecular flexibility index (Phi) is 7.10. The molecule has 2 aliphatic rings. The van der Waals surface area contributed by atoms with E-state index in [4.69, 9.17) is 10.5 Å². The normalized spacial score (nSPS) is 23.3. The predicted octanol–water partition coefficient (Wildman–Crippen LogP) is 5.07. The predicted molar refractivity (Wildman–Crippen MR) is 133 cm³/mol. The lowest BCUT2D eigenvalue weighted by Crippen LogP contribution is -2.53. The van der Waals surface area contributed by atoms with E-state index in [-0.39, 0.29) is 37.4 Å². The van der Waals surface area contributed by atoms with Gasteiger partial charge in [0.25, 0.3) is 6.02 Å². The molecule has 1 fully saturated rings. The number of ether oxygens (including phenoxy) is 1. The Balaban J connectivity index is 1.63. The van der Waals surface area contributed by atoms with Gasteiger partial charge in [-0.3, -0.25) is 0 Å². The van der Waals surface area contributed by atoms with Gasteiger partial charge in [0.2, 0.25) is 10.0 Å². The average molecular weight is 502 g/mol. The van der Waals surface area contributed by atoms with Crippen LogP contribution in [0.15, 0.2) is 82.9 Å². The molecular weight excluding hydrogens is 472 g/mol. The van der Waals surface area contributed by atoms with Crippen molar-refractivity contribution in [3.63, 3.8) is 0 Å². The molecule has 0 amide bonds. The molecule has 0 aromatic heterocycles. The van der Waals surface area contributed by atoms with E-state index >= 15 is 0 Å².